The van der Waals surface area contributed by atoms with Gasteiger partial charge in [-0.15, -0.1) is 11.3 Å². The highest BCUT2D eigenvalue weighted by Gasteiger charge is 2.09. The van der Waals surface area contributed by atoms with Gasteiger partial charge in [0.15, 0.2) is 0 Å². The summed E-state index contributed by atoms with van der Waals surface area (Å²) in [7, 11) is 0. The summed E-state index contributed by atoms with van der Waals surface area (Å²) in [5.74, 6) is 0. The molecule has 0 spiro atoms. The Morgan fingerprint density at radius 1 is 0.952 bits per heavy atom. The van der Waals surface area contributed by atoms with Gasteiger partial charge in [-0.1, -0.05) is 29.8 Å². The number of thiophene rings is 1. The molecule has 0 amide bonds. The van der Waals surface area contributed by atoms with Crippen molar-refractivity contribution in [2.75, 3.05) is 0 Å². The van der Waals surface area contributed by atoms with Crippen molar-refractivity contribution < 1.29 is 4.42 Å². The molecule has 4 rings (SSSR count). The first-order valence-electron chi connectivity index (χ1n) is 6.73. The summed E-state index contributed by atoms with van der Waals surface area (Å²) >= 11 is 1.67. The average Bonchev–Trinajstić information content (AvgIpc) is 3.01. The molecule has 2 aromatic carbocycles. The van der Waals surface area contributed by atoms with Crippen LogP contribution in [-0.2, 0) is 0 Å². The van der Waals surface area contributed by atoms with Gasteiger partial charge in [0.1, 0.15) is 5.58 Å². The highest BCUT2D eigenvalue weighted by atomic mass is 32.1. The highest BCUT2D eigenvalue weighted by molar-refractivity contribution is 7.13. The molecule has 0 fully saturated rings. The van der Waals surface area contributed by atoms with Crippen LogP contribution >= 0.6 is 11.3 Å². The van der Waals surface area contributed by atoms with Crippen LogP contribution in [0.5, 0.6) is 0 Å². The molecule has 0 N–H and O–H groups in total. The second-order valence-electron chi connectivity index (χ2n) is 5.13. The summed E-state index contributed by atoms with van der Waals surface area (Å²) < 4.78 is 5.52. The minimum atomic E-state index is -0.274. The van der Waals surface area contributed by atoms with Gasteiger partial charge in [-0.3, -0.25) is 0 Å². The maximum atomic E-state index is 12.2. The molecule has 0 aliphatic rings. The summed E-state index contributed by atoms with van der Waals surface area (Å²) in [5, 5.41) is 4.61. The number of aryl methyl sites for hydroxylation is 1. The van der Waals surface area contributed by atoms with Crippen molar-refractivity contribution in [1.82, 2.24) is 0 Å². The van der Waals surface area contributed by atoms with E-state index in [4.69, 9.17) is 4.42 Å². The Morgan fingerprint density at radius 2 is 1.81 bits per heavy atom. The van der Waals surface area contributed by atoms with Crippen molar-refractivity contribution in [3.8, 4) is 10.4 Å². The van der Waals surface area contributed by atoms with Gasteiger partial charge in [0.25, 0.3) is 0 Å². The molecule has 102 valence electrons. The molecular weight excluding hydrogens is 280 g/mol. The molecule has 0 aliphatic carbocycles. The quantitative estimate of drug-likeness (QED) is 0.366. The molecule has 2 aromatic heterocycles. The first kappa shape index (κ1) is 12.4. The lowest BCUT2D eigenvalue weighted by molar-refractivity contribution is 0.570. The molecule has 0 bridgehead atoms. The molecule has 0 aliphatic heterocycles. The monoisotopic (exact) mass is 292 g/mol. The van der Waals surface area contributed by atoms with E-state index in [1.807, 2.05) is 48.7 Å². The van der Waals surface area contributed by atoms with Crippen molar-refractivity contribution in [3.63, 3.8) is 0 Å². The molecule has 4 aromatic rings. The van der Waals surface area contributed by atoms with E-state index in [1.165, 1.54) is 4.88 Å². The standard InChI is InChI=1S/C18H12O2S/c1-11-4-6-13-14-7-5-12(17-3-2-8-21-17)10-16(14)20-18(19)15(13)9-11/h2-10H,1H3. The van der Waals surface area contributed by atoms with Crippen molar-refractivity contribution in [2.24, 2.45) is 0 Å². The van der Waals surface area contributed by atoms with Crippen LogP contribution in [0.2, 0.25) is 0 Å². The van der Waals surface area contributed by atoms with Crippen LogP contribution in [0.4, 0.5) is 0 Å². The maximum Gasteiger partial charge on any atom is 0.344 e. The van der Waals surface area contributed by atoms with E-state index in [0.29, 0.717) is 11.0 Å². The zero-order chi connectivity index (χ0) is 14.4. The third kappa shape index (κ3) is 1.98. The smallest absolute Gasteiger partial charge is 0.344 e. The zero-order valence-electron chi connectivity index (χ0n) is 11.4. The molecule has 3 heteroatoms. The molecule has 0 atom stereocenters. The van der Waals surface area contributed by atoms with E-state index in [1.54, 1.807) is 11.3 Å². The van der Waals surface area contributed by atoms with Gasteiger partial charge in [0.2, 0.25) is 0 Å². The molecule has 2 nitrogen and oxygen atoms in total. The SMILES string of the molecule is Cc1ccc2c(c1)c(=O)oc1cc(-c3cccs3)ccc12. The molecule has 2 heterocycles. The molecule has 0 radical (unpaired) electrons. The highest BCUT2D eigenvalue weighted by Crippen LogP contribution is 2.30. The van der Waals surface area contributed by atoms with Crippen molar-refractivity contribution in [2.45, 2.75) is 6.92 Å². The minimum Gasteiger partial charge on any atom is -0.422 e. The Hall–Kier alpha value is -2.39. The number of hydrogen-bond donors (Lipinski definition) is 0. The Kier molecular flexibility index (Phi) is 2.69. The molecule has 0 unspecified atom stereocenters. The van der Waals surface area contributed by atoms with Crippen molar-refractivity contribution in [3.05, 3.63) is 69.9 Å². The van der Waals surface area contributed by atoms with Gasteiger partial charge in [-0.2, -0.15) is 0 Å². The largest absolute Gasteiger partial charge is 0.422 e. The van der Waals surface area contributed by atoms with Gasteiger partial charge in [0, 0.05) is 10.3 Å². The van der Waals surface area contributed by atoms with E-state index in [-0.39, 0.29) is 5.63 Å². The summed E-state index contributed by atoms with van der Waals surface area (Å²) in [6, 6.07) is 16.0. The second kappa shape index (κ2) is 4.57. The summed E-state index contributed by atoms with van der Waals surface area (Å²) in [5.41, 5.74) is 2.50. The van der Waals surface area contributed by atoms with E-state index in [2.05, 4.69) is 12.1 Å². The fraction of sp³-hybridized carbons (Fsp3) is 0.0556. The predicted molar refractivity (Wildman–Crippen MR) is 88.0 cm³/mol. The van der Waals surface area contributed by atoms with Crippen LogP contribution in [0.3, 0.4) is 0 Å². The lowest BCUT2D eigenvalue weighted by Crippen LogP contribution is -2.00. The second-order valence-corrected chi connectivity index (χ2v) is 6.07. The van der Waals surface area contributed by atoms with Crippen molar-refractivity contribution >= 4 is 33.1 Å². The first-order chi connectivity index (χ1) is 10.2. The number of fused-ring (bicyclic) bond motifs is 3. The van der Waals surface area contributed by atoms with E-state index in [9.17, 15) is 4.79 Å². The number of hydrogen-bond acceptors (Lipinski definition) is 3. The fourth-order valence-corrected chi connectivity index (χ4v) is 3.37. The van der Waals surface area contributed by atoms with Gasteiger partial charge in [0.05, 0.1) is 5.39 Å². The minimum absolute atomic E-state index is 0.274. The lowest BCUT2D eigenvalue weighted by Gasteiger charge is -2.05. The van der Waals surface area contributed by atoms with Gasteiger partial charge < -0.3 is 4.42 Å². The molecule has 21 heavy (non-hydrogen) atoms. The summed E-state index contributed by atoms with van der Waals surface area (Å²) in [6.45, 7) is 1.98. The third-order valence-electron chi connectivity index (χ3n) is 3.68. The van der Waals surface area contributed by atoms with Crippen molar-refractivity contribution in [1.29, 1.82) is 0 Å². The Labute approximate surface area is 125 Å². The van der Waals surface area contributed by atoms with Gasteiger partial charge in [-0.25, -0.2) is 4.79 Å². The third-order valence-corrected chi connectivity index (χ3v) is 4.59. The van der Waals surface area contributed by atoms with Crippen LogP contribution in [0.25, 0.3) is 32.2 Å². The molecular formula is C18H12O2S. The van der Waals surface area contributed by atoms with Crippen LogP contribution in [0.15, 0.2) is 63.1 Å². The lowest BCUT2D eigenvalue weighted by atomic mass is 10.0. The summed E-state index contributed by atoms with van der Waals surface area (Å²) in [6.07, 6.45) is 0. The Bertz CT molecular complexity index is 1010. The molecule has 0 saturated heterocycles. The number of benzene rings is 2. The van der Waals surface area contributed by atoms with E-state index >= 15 is 0 Å². The Balaban J connectivity index is 2.08. The number of rotatable bonds is 1. The predicted octanol–water partition coefficient (Wildman–Crippen LogP) is 4.98. The van der Waals surface area contributed by atoms with Crippen LogP contribution in [0, 0.1) is 6.92 Å². The zero-order valence-corrected chi connectivity index (χ0v) is 12.2. The van der Waals surface area contributed by atoms with Gasteiger partial charge >= 0.3 is 5.63 Å². The topological polar surface area (TPSA) is 30.2 Å². The van der Waals surface area contributed by atoms with Gasteiger partial charge in [-0.05, 0) is 47.5 Å². The first-order valence-corrected chi connectivity index (χ1v) is 7.61. The van der Waals surface area contributed by atoms with Crippen LogP contribution in [0.1, 0.15) is 5.56 Å². The normalized spacial score (nSPS) is 11.3. The Morgan fingerprint density at radius 3 is 2.62 bits per heavy atom. The molecule has 0 saturated carbocycles. The summed E-state index contributed by atoms with van der Waals surface area (Å²) in [4.78, 5) is 13.3. The van der Waals surface area contributed by atoms with E-state index < -0.39 is 0 Å². The maximum absolute atomic E-state index is 12.2. The van der Waals surface area contributed by atoms with Crippen LogP contribution < -0.4 is 5.63 Å². The van der Waals surface area contributed by atoms with E-state index in [0.717, 1.165) is 21.9 Å². The fourth-order valence-electron chi connectivity index (χ4n) is 2.64. The average molecular weight is 292 g/mol. The van der Waals surface area contributed by atoms with Crippen LogP contribution in [-0.4, -0.2) is 0 Å².